The summed E-state index contributed by atoms with van der Waals surface area (Å²) in [5.74, 6) is -0.430. The quantitative estimate of drug-likeness (QED) is 0.332. The van der Waals surface area contributed by atoms with Gasteiger partial charge in [-0.1, -0.05) is 0 Å². The van der Waals surface area contributed by atoms with Crippen LogP contribution in [0.5, 0.6) is 0 Å². The maximum atomic E-state index is 11.8. The third kappa shape index (κ3) is 4.80. The molecule has 0 spiro atoms. The van der Waals surface area contributed by atoms with E-state index in [9.17, 15) is 14.9 Å². The van der Waals surface area contributed by atoms with Gasteiger partial charge < -0.3 is 15.4 Å². The Kier molecular flexibility index (Phi) is 6.25. The maximum Gasteiger partial charge on any atom is 0.332 e. The number of halogens is 1. The molecule has 1 unspecified atom stereocenters. The molecular formula is C11H16ClN5O4. The SMILES string of the molecule is COCCNC(=O)C(C)Nc1nc(Cl)nc(C)c1[N+](=O)[O-]. The van der Waals surface area contributed by atoms with Gasteiger partial charge in [-0.3, -0.25) is 14.9 Å². The molecule has 0 radical (unpaired) electrons. The molecule has 0 aliphatic rings. The first-order valence-electron chi connectivity index (χ1n) is 6.08. The van der Waals surface area contributed by atoms with Gasteiger partial charge in [-0.25, -0.2) is 4.98 Å². The Morgan fingerprint density at radius 2 is 2.19 bits per heavy atom. The molecular weight excluding hydrogens is 302 g/mol. The minimum absolute atomic E-state index is 0.0908. The predicted octanol–water partition coefficient (Wildman–Crippen LogP) is 0.910. The number of hydrogen-bond donors (Lipinski definition) is 2. The molecule has 0 bridgehead atoms. The average molecular weight is 318 g/mol. The van der Waals surface area contributed by atoms with Gasteiger partial charge in [-0.2, -0.15) is 4.98 Å². The topological polar surface area (TPSA) is 119 Å². The minimum Gasteiger partial charge on any atom is -0.383 e. The third-order valence-electron chi connectivity index (χ3n) is 2.57. The highest BCUT2D eigenvalue weighted by Gasteiger charge is 2.24. The molecule has 10 heteroatoms. The molecule has 1 rings (SSSR count). The van der Waals surface area contributed by atoms with Gasteiger partial charge in [0.25, 0.3) is 0 Å². The average Bonchev–Trinajstić information content (AvgIpc) is 2.37. The number of nitrogens with one attached hydrogen (secondary N) is 2. The van der Waals surface area contributed by atoms with Crippen molar-refractivity contribution in [2.45, 2.75) is 19.9 Å². The summed E-state index contributed by atoms with van der Waals surface area (Å²) in [4.78, 5) is 29.7. The Hall–Kier alpha value is -2.00. The number of nitrogens with zero attached hydrogens (tertiary/aromatic N) is 3. The van der Waals surface area contributed by atoms with Crippen LogP contribution < -0.4 is 10.6 Å². The van der Waals surface area contributed by atoms with Crippen LogP contribution in [0.25, 0.3) is 0 Å². The Bertz CT molecular complexity index is 540. The normalized spacial score (nSPS) is 11.8. The summed E-state index contributed by atoms with van der Waals surface area (Å²) in [6.07, 6.45) is 0. The summed E-state index contributed by atoms with van der Waals surface area (Å²) in [6, 6.07) is -0.731. The second kappa shape index (κ2) is 7.70. The molecule has 21 heavy (non-hydrogen) atoms. The molecule has 0 saturated heterocycles. The lowest BCUT2D eigenvalue weighted by Crippen LogP contribution is -2.39. The van der Waals surface area contributed by atoms with Gasteiger partial charge in [0.1, 0.15) is 11.7 Å². The fourth-order valence-corrected chi connectivity index (χ4v) is 1.76. The Morgan fingerprint density at radius 1 is 1.52 bits per heavy atom. The van der Waals surface area contributed by atoms with Crippen molar-refractivity contribution in [1.82, 2.24) is 15.3 Å². The van der Waals surface area contributed by atoms with Gasteiger partial charge in [0.05, 0.1) is 11.5 Å². The van der Waals surface area contributed by atoms with Crippen LogP contribution >= 0.6 is 11.6 Å². The molecule has 1 aromatic rings. The number of anilines is 1. The van der Waals surface area contributed by atoms with Crippen molar-refractivity contribution < 1.29 is 14.5 Å². The molecule has 116 valence electrons. The Balaban J connectivity index is 2.86. The Labute approximate surface area is 126 Å². The number of aromatic nitrogens is 2. The molecule has 1 aromatic heterocycles. The number of carbonyl (C=O) groups is 1. The molecule has 9 nitrogen and oxygen atoms in total. The van der Waals surface area contributed by atoms with Crippen LogP contribution in [0, 0.1) is 17.0 Å². The van der Waals surface area contributed by atoms with Crippen molar-refractivity contribution in [3.63, 3.8) is 0 Å². The number of hydrogen-bond acceptors (Lipinski definition) is 7. The van der Waals surface area contributed by atoms with Crippen molar-refractivity contribution in [1.29, 1.82) is 0 Å². The zero-order valence-electron chi connectivity index (χ0n) is 11.8. The van der Waals surface area contributed by atoms with Gasteiger partial charge in [0.15, 0.2) is 0 Å². The summed E-state index contributed by atoms with van der Waals surface area (Å²) in [6.45, 7) is 3.71. The number of nitro groups is 1. The van der Waals surface area contributed by atoms with Gasteiger partial charge in [-0.15, -0.1) is 0 Å². The smallest absolute Gasteiger partial charge is 0.332 e. The van der Waals surface area contributed by atoms with Crippen molar-refractivity contribution in [3.8, 4) is 0 Å². The number of amides is 1. The summed E-state index contributed by atoms with van der Waals surface area (Å²) < 4.78 is 4.81. The van der Waals surface area contributed by atoms with Gasteiger partial charge >= 0.3 is 5.69 Å². The second-order valence-electron chi connectivity index (χ2n) is 4.18. The van der Waals surface area contributed by atoms with Crippen molar-refractivity contribution in [3.05, 3.63) is 21.1 Å². The van der Waals surface area contributed by atoms with Crippen LogP contribution in [-0.2, 0) is 9.53 Å². The number of ether oxygens (including phenoxy) is 1. The number of methoxy groups -OCH3 is 1. The van der Waals surface area contributed by atoms with E-state index in [2.05, 4.69) is 20.6 Å². The summed E-state index contributed by atoms with van der Waals surface area (Å²) in [5, 5.41) is 16.2. The van der Waals surface area contributed by atoms with Crippen LogP contribution in [0.3, 0.4) is 0 Å². The molecule has 1 heterocycles. The van der Waals surface area contributed by atoms with Gasteiger partial charge in [0, 0.05) is 13.7 Å². The highest BCUT2D eigenvalue weighted by molar-refractivity contribution is 6.28. The van der Waals surface area contributed by atoms with Crippen LogP contribution in [0.4, 0.5) is 11.5 Å². The van der Waals surface area contributed by atoms with E-state index >= 15 is 0 Å². The first kappa shape index (κ1) is 17.1. The van der Waals surface area contributed by atoms with Crippen molar-refractivity contribution in [2.24, 2.45) is 0 Å². The molecule has 1 amide bonds. The van der Waals surface area contributed by atoms with Crippen LogP contribution in [0.1, 0.15) is 12.6 Å². The van der Waals surface area contributed by atoms with Crippen molar-refractivity contribution in [2.75, 3.05) is 25.6 Å². The molecule has 0 fully saturated rings. The van der Waals surface area contributed by atoms with E-state index in [1.54, 1.807) is 6.92 Å². The molecule has 0 saturated carbocycles. The zero-order chi connectivity index (χ0) is 16.0. The van der Waals surface area contributed by atoms with Crippen LogP contribution in [0.2, 0.25) is 5.28 Å². The van der Waals surface area contributed by atoms with E-state index in [1.165, 1.54) is 14.0 Å². The lowest BCUT2D eigenvalue weighted by molar-refractivity contribution is -0.385. The van der Waals surface area contributed by atoms with Crippen molar-refractivity contribution >= 4 is 29.0 Å². The number of aryl methyl sites for hydroxylation is 1. The lowest BCUT2D eigenvalue weighted by atomic mass is 10.3. The highest BCUT2D eigenvalue weighted by atomic mass is 35.5. The van der Waals surface area contributed by atoms with E-state index < -0.39 is 11.0 Å². The largest absolute Gasteiger partial charge is 0.383 e. The summed E-state index contributed by atoms with van der Waals surface area (Å²) >= 11 is 5.69. The standard InChI is InChI=1S/C11H16ClN5O4/c1-6-8(17(19)20)9(16-11(12)15-6)14-7(2)10(18)13-4-5-21-3/h7H,4-5H2,1-3H3,(H,13,18)(H,14,15,16). The first-order valence-corrected chi connectivity index (χ1v) is 6.46. The van der Waals surface area contributed by atoms with E-state index in [0.29, 0.717) is 13.2 Å². The van der Waals surface area contributed by atoms with E-state index in [1.807, 2.05) is 0 Å². The fourth-order valence-electron chi connectivity index (χ4n) is 1.55. The maximum absolute atomic E-state index is 11.8. The first-order chi connectivity index (χ1) is 9.86. The summed E-state index contributed by atoms with van der Waals surface area (Å²) in [7, 11) is 1.52. The van der Waals surface area contributed by atoms with Gasteiger partial charge in [0.2, 0.25) is 17.0 Å². The molecule has 0 aliphatic heterocycles. The predicted molar refractivity (Wildman–Crippen MR) is 76.4 cm³/mol. The number of carbonyl (C=O) groups excluding carboxylic acids is 1. The molecule has 0 aliphatic carbocycles. The Morgan fingerprint density at radius 3 is 2.76 bits per heavy atom. The van der Waals surface area contributed by atoms with Gasteiger partial charge in [-0.05, 0) is 25.4 Å². The monoisotopic (exact) mass is 317 g/mol. The second-order valence-corrected chi connectivity index (χ2v) is 4.52. The highest BCUT2D eigenvalue weighted by Crippen LogP contribution is 2.26. The van der Waals surface area contributed by atoms with Crippen LogP contribution in [-0.4, -0.2) is 47.1 Å². The molecule has 1 atom stereocenters. The lowest BCUT2D eigenvalue weighted by Gasteiger charge is -2.15. The van der Waals surface area contributed by atoms with Crippen LogP contribution in [0.15, 0.2) is 0 Å². The minimum atomic E-state index is -0.731. The van der Waals surface area contributed by atoms with E-state index in [0.717, 1.165) is 0 Å². The summed E-state index contributed by atoms with van der Waals surface area (Å²) in [5.41, 5.74) is -0.189. The van der Waals surface area contributed by atoms with E-state index in [4.69, 9.17) is 16.3 Å². The number of rotatable bonds is 7. The van der Waals surface area contributed by atoms with E-state index in [-0.39, 0.29) is 28.4 Å². The third-order valence-corrected chi connectivity index (χ3v) is 2.73. The molecule has 2 N–H and O–H groups in total. The fraction of sp³-hybridized carbons (Fsp3) is 0.545. The molecule has 0 aromatic carbocycles. The zero-order valence-corrected chi connectivity index (χ0v) is 12.6.